The van der Waals surface area contributed by atoms with Gasteiger partial charge in [0.25, 0.3) is 0 Å². The Morgan fingerprint density at radius 2 is 2.28 bits per heavy atom. The third-order valence-corrected chi connectivity index (χ3v) is 3.16. The molecule has 2 rings (SSSR count). The first-order valence-corrected chi connectivity index (χ1v) is 6.27. The SMILES string of the molecule is N#Cc1ccc(OC(CN)c2ccsc2)c(F)c1. The fourth-order valence-electron chi connectivity index (χ4n) is 1.53. The normalized spacial score (nSPS) is 11.8. The van der Waals surface area contributed by atoms with Gasteiger partial charge in [-0.05, 0) is 35.0 Å². The van der Waals surface area contributed by atoms with Crippen LogP contribution < -0.4 is 10.5 Å². The fourth-order valence-corrected chi connectivity index (χ4v) is 2.23. The number of benzene rings is 1. The molecule has 0 saturated heterocycles. The molecule has 1 unspecified atom stereocenters. The van der Waals surface area contributed by atoms with E-state index in [0.29, 0.717) is 0 Å². The van der Waals surface area contributed by atoms with Gasteiger partial charge in [-0.25, -0.2) is 4.39 Å². The molecular weight excluding hydrogens is 251 g/mol. The van der Waals surface area contributed by atoms with Crippen molar-refractivity contribution in [3.8, 4) is 11.8 Å². The molecule has 1 heterocycles. The van der Waals surface area contributed by atoms with Crippen LogP contribution in [-0.2, 0) is 0 Å². The zero-order chi connectivity index (χ0) is 13.0. The van der Waals surface area contributed by atoms with E-state index in [-0.39, 0.29) is 24.0 Å². The third kappa shape index (κ3) is 2.67. The first-order chi connectivity index (χ1) is 8.74. The summed E-state index contributed by atoms with van der Waals surface area (Å²) >= 11 is 1.53. The van der Waals surface area contributed by atoms with E-state index in [1.165, 1.54) is 23.5 Å². The van der Waals surface area contributed by atoms with Gasteiger partial charge in [-0.3, -0.25) is 0 Å². The van der Waals surface area contributed by atoms with Gasteiger partial charge in [-0.2, -0.15) is 16.6 Å². The maximum atomic E-state index is 13.7. The lowest BCUT2D eigenvalue weighted by molar-refractivity contribution is 0.205. The van der Waals surface area contributed by atoms with Crippen LogP contribution in [-0.4, -0.2) is 6.54 Å². The minimum absolute atomic E-state index is 0.107. The van der Waals surface area contributed by atoms with Crippen LogP contribution >= 0.6 is 11.3 Å². The summed E-state index contributed by atoms with van der Waals surface area (Å²) in [5.74, 6) is -0.446. The molecule has 0 radical (unpaired) electrons. The molecule has 0 saturated carbocycles. The van der Waals surface area contributed by atoms with E-state index >= 15 is 0 Å². The Morgan fingerprint density at radius 3 is 2.83 bits per heavy atom. The topological polar surface area (TPSA) is 59.0 Å². The van der Waals surface area contributed by atoms with Gasteiger partial charge in [0.05, 0.1) is 11.6 Å². The zero-order valence-corrected chi connectivity index (χ0v) is 10.3. The molecule has 0 fully saturated rings. The van der Waals surface area contributed by atoms with Crippen molar-refractivity contribution in [1.82, 2.24) is 0 Å². The Morgan fingerprint density at radius 1 is 1.44 bits per heavy atom. The molecule has 0 amide bonds. The number of rotatable bonds is 4. The van der Waals surface area contributed by atoms with Crippen molar-refractivity contribution in [3.05, 3.63) is 52.0 Å². The maximum absolute atomic E-state index is 13.7. The second-order valence-corrected chi connectivity index (χ2v) is 4.44. The summed E-state index contributed by atoms with van der Waals surface area (Å²) in [5.41, 5.74) is 6.81. The number of halogens is 1. The number of hydrogen-bond donors (Lipinski definition) is 1. The molecule has 2 N–H and O–H groups in total. The number of ether oxygens (including phenoxy) is 1. The van der Waals surface area contributed by atoms with Gasteiger partial charge < -0.3 is 10.5 Å². The van der Waals surface area contributed by atoms with Gasteiger partial charge in [0.1, 0.15) is 6.10 Å². The van der Waals surface area contributed by atoms with Crippen molar-refractivity contribution in [2.24, 2.45) is 5.73 Å². The Labute approximate surface area is 108 Å². The highest BCUT2D eigenvalue weighted by Gasteiger charge is 2.14. The first-order valence-electron chi connectivity index (χ1n) is 5.33. The summed E-state index contributed by atoms with van der Waals surface area (Å²) in [7, 11) is 0. The highest BCUT2D eigenvalue weighted by molar-refractivity contribution is 7.07. The van der Waals surface area contributed by atoms with Crippen LogP contribution in [0.15, 0.2) is 35.0 Å². The van der Waals surface area contributed by atoms with Gasteiger partial charge in [0.15, 0.2) is 11.6 Å². The quantitative estimate of drug-likeness (QED) is 0.921. The van der Waals surface area contributed by atoms with Crippen LogP contribution in [0.4, 0.5) is 4.39 Å². The molecule has 92 valence electrons. The van der Waals surface area contributed by atoms with Crippen molar-refractivity contribution in [2.45, 2.75) is 6.10 Å². The first kappa shape index (κ1) is 12.6. The molecular formula is C13H11FN2OS. The van der Waals surface area contributed by atoms with Crippen molar-refractivity contribution in [1.29, 1.82) is 5.26 Å². The lowest BCUT2D eigenvalue weighted by Gasteiger charge is -2.16. The lowest BCUT2D eigenvalue weighted by Crippen LogP contribution is -2.18. The van der Waals surface area contributed by atoms with Gasteiger partial charge in [0.2, 0.25) is 0 Å². The average molecular weight is 262 g/mol. The van der Waals surface area contributed by atoms with E-state index in [1.54, 1.807) is 0 Å². The summed E-state index contributed by atoms with van der Waals surface area (Å²) in [4.78, 5) is 0. The van der Waals surface area contributed by atoms with E-state index < -0.39 is 5.82 Å². The molecule has 1 aromatic heterocycles. The summed E-state index contributed by atoms with van der Waals surface area (Å²) in [6.45, 7) is 0.260. The van der Waals surface area contributed by atoms with E-state index in [1.807, 2.05) is 22.9 Å². The Bertz CT molecular complexity index is 563. The molecule has 0 spiro atoms. The number of thiophene rings is 1. The monoisotopic (exact) mass is 262 g/mol. The second-order valence-electron chi connectivity index (χ2n) is 3.66. The molecule has 5 heteroatoms. The fraction of sp³-hybridized carbons (Fsp3) is 0.154. The number of nitrogens with zero attached hydrogens (tertiary/aromatic N) is 1. The second kappa shape index (κ2) is 5.63. The molecule has 0 aliphatic heterocycles. The summed E-state index contributed by atoms with van der Waals surface area (Å²) < 4.78 is 19.2. The molecule has 0 bridgehead atoms. The molecule has 1 aromatic carbocycles. The summed E-state index contributed by atoms with van der Waals surface area (Å²) in [6, 6.07) is 7.87. The van der Waals surface area contributed by atoms with E-state index in [0.717, 1.165) is 11.6 Å². The largest absolute Gasteiger partial charge is 0.481 e. The Hall–Kier alpha value is -1.90. The highest BCUT2D eigenvalue weighted by Crippen LogP contribution is 2.25. The van der Waals surface area contributed by atoms with Gasteiger partial charge in [-0.15, -0.1) is 0 Å². The van der Waals surface area contributed by atoms with Crippen LogP contribution in [0.1, 0.15) is 17.2 Å². The summed E-state index contributed by atoms with van der Waals surface area (Å²) in [6.07, 6.45) is -0.376. The van der Waals surface area contributed by atoms with Crippen LogP contribution in [0.2, 0.25) is 0 Å². The maximum Gasteiger partial charge on any atom is 0.166 e. The van der Waals surface area contributed by atoms with Gasteiger partial charge in [-0.1, -0.05) is 0 Å². The summed E-state index contributed by atoms with van der Waals surface area (Å²) in [5, 5.41) is 12.5. The van der Waals surface area contributed by atoms with E-state index in [2.05, 4.69) is 0 Å². The Kier molecular flexibility index (Phi) is 3.92. The Balaban J connectivity index is 2.20. The molecule has 2 aromatic rings. The van der Waals surface area contributed by atoms with E-state index in [9.17, 15) is 4.39 Å². The number of nitrogens with two attached hydrogens (primary N) is 1. The van der Waals surface area contributed by atoms with Crippen LogP contribution in [0.5, 0.6) is 5.75 Å². The predicted octanol–water partition coefficient (Wildman–Crippen LogP) is 2.84. The minimum Gasteiger partial charge on any atom is -0.481 e. The van der Waals surface area contributed by atoms with Crippen LogP contribution in [0.25, 0.3) is 0 Å². The van der Waals surface area contributed by atoms with Crippen LogP contribution in [0.3, 0.4) is 0 Å². The molecule has 3 nitrogen and oxygen atoms in total. The molecule has 18 heavy (non-hydrogen) atoms. The molecule has 1 atom stereocenters. The van der Waals surface area contributed by atoms with E-state index in [4.69, 9.17) is 15.7 Å². The smallest absolute Gasteiger partial charge is 0.166 e. The number of nitriles is 1. The number of hydrogen-bond acceptors (Lipinski definition) is 4. The zero-order valence-electron chi connectivity index (χ0n) is 9.47. The highest BCUT2D eigenvalue weighted by atomic mass is 32.1. The van der Waals surface area contributed by atoms with Gasteiger partial charge in [0, 0.05) is 12.1 Å². The van der Waals surface area contributed by atoms with Crippen molar-refractivity contribution in [3.63, 3.8) is 0 Å². The third-order valence-electron chi connectivity index (χ3n) is 2.46. The average Bonchev–Trinajstić information content (AvgIpc) is 2.91. The minimum atomic E-state index is -0.553. The van der Waals surface area contributed by atoms with Crippen molar-refractivity contribution in [2.75, 3.05) is 6.54 Å². The van der Waals surface area contributed by atoms with Crippen molar-refractivity contribution < 1.29 is 9.13 Å². The molecule has 0 aliphatic carbocycles. The van der Waals surface area contributed by atoms with Crippen molar-refractivity contribution >= 4 is 11.3 Å². The lowest BCUT2D eigenvalue weighted by atomic mass is 10.2. The molecule has 0 aliphatic rings. The van der Waals surface area contributed by atoms with Crippen LogP contribution in [0, 0.1) is 17.1 Å². The van der Waals surface area contributed by atoms with Gasteiger partial charge >= 0.3 is 0 Å². The predicted molar refractivity (Wildman–Crippen MR) is 67.9 cm³/mol. The standard InChI is InChI=1S/C13H11FN2OS/c14-11-5-9(6-15)1-2-12(11)17-13(7-16)10-3-4-18-8-10/h1-5,8,13H,7,16H2.